The smallest absolute Gasteiger partial charge is 0.322 e. The van der Waals surface area contributed by atoms with Crippen molar-refractivity contribution in [2.24, 2.45) is 0 Å². The van der Waals surface area contributed by atoms with E-state index >= 15 is 0 Å². The van der Waals surface area contributed by atoms with E-state index in [4.69, 9.17) is 4.74 Å². The molecule has 2 aliphatic rings. The van der Waals surface area contributed by atoms with Crippen molar-refractivity contribution in [2.75, 3.05) is 38.2 Å². The average molecular weight is 317 g/mol. The minimum absolute atomic E-state index is 0.0124. The number of nitrogens with one attached hydrogen (secondary N) is 1. The first-order chi connectivity index (χ1) is 11.2. The molecule has 5 heteroatoms. The zero-order chi connectivity index (χ0) is 16.2. The van der Waals surface area contributed by atoms with Gasteiger partial charge >= 0.3 is 6.03 Å². The first-order valence-electron chi connectivity index (χ1n) is 8.64. The second kappa shape index (κ2) is 7.21. The summed E-state index contributed by atoms with van der Waals surface area (Å²) < 4.78 is 5.26. The number of amides is 2. The minimum atomic E-state index is 0.0124. The van der Waals surface area contributed by atoms with Crippen LogP contribution in [-0.2, 0) is 6.42 Å². The molecule has 1 fully saturated rings. The van der Waals surface area contributed by atoms with Crippen LogP contribution in [0.3, 0.4) is 0 Å². The first-order valence-corrected chi connectivity index (χ1v) is 8.64. The number of likely N-dealkylation sites (tertiary alicyclic amines) is 1. The highest BCUT2D eigenvalue weighted by Gasteiger charge is 2.26. The Balaban J connectivity index is 1.57. The summed E-state index contributed by atoms with van der Waals surface area (Å²) in [5.41, 5.74) is 2.19. The van der Waals surface area contributed by atoms with E-state index in [9.17, 15) is 4.79 Å². The lowest BCUT2D eigenvalue weighted by atomic mass is 10.1. The monoisotopic (exact) mass is 317 g/mol. The van der Waals surface area contributed by atoms with Crippen LogP contribution >= 0.6 is 0 Å². The van der Waals surface area contributed by atoms with Crippen LogP contribution in [0.15, 0.2) is 18.2 Å². The molecule has 2 heterocycles. The van der Waals surface area contributed by atoms with Gasteiger partial charge in [-0.1, -0.05) is 6.42 Å². The number of nitrogens with zero attached hydrogens (tertiary/aromatic N) is 2. The molecule has 0 radical (unpaired) electrons. The molecular formula is C18H27N3O2. The molecule has 2 aliphatic heterocycles. The molecular weight excluding hydrogens is 290 g/mol. The lowest BCUT2D eigenvalue weighted by Gasteiger charge is -2.30. The van der Waals surface area contributed by atoms with E-state index in [1.807, 2.05) is 23.1 Å². The molecule has 1 saturated heterocycles. The van der Waals surface area contributed by atoms with Gasteiger partial charge in [0, 0.05) is 24.8 Å². The van der Waals surface area contributed by atoms with Gasteiger partial charge in [-0.3, -0.25) is 4.90 Å². The summed E-state index contributed by atoms with van der Waals surface area (Å²) in [6.07, 6.45) is 4.79. The summed E-state index contributed by atoms with van der Waals surface area (Å²) in [5.74, 6) is 0.851. The van der Waals surface area contributed by atoms with E-state index < -0.39 is 0 Å². The molecule has 23 heavy (non-hydrogen) atoms. The van der Waals surface area contributed by atoms with Gasteiger partial charge in [0.15, 0.2) is 0 Å². The number of hydrogen-bond donors (Lipinski definition) is 1. The quantitative estimate of drug-likeness (QED) is 0.928. The molecule has 0 aliphatic carbocycles. The lowest BCUT2D eigenvalue weighted by Crippen LogP contribution is -2.48. The van der Waals surface area contributed by atoms with Crippen LogP contribution < -0.4 is 15.0 Å². The van der Waals surface area contributed by atoms with Crippen molar-refractivity contribution >= 4 is 11.7 Å². The Morgan fingerprint density at radius 3 is 2.78 bits per heavy atom. The number of carbonyl (C=O) groups excluding carboxylic acids is 1. The summed E-state index contributed by atoms with van der Waals surface area (Å²) in [6.45, 7) is 6.09. The third-order valence-electron chi connectivity index (χ3n) is 4.78. The van der Waals surface area contributed by atoms with E-state index in [1.165, 1.54) is 24.8 Å². The minimum Gasteiger partial charge on any atom is -0.497 e. The third kappa shape index (κ3) is 3.78. The molecule has 0 bridgehead atoms. The Hall–Kier alpha value is -1.75. The largest absolute Gasteiger partial charge is 0.497 e. The van der Waals surface area contributed by atoms with Crippen molar-refractivity contribution in [1.29, 1.82) is 0 Å². The molecule has 3 rings (SSSR count). The molecule has 2 amide bonds. The maximum absolute atomic E-state index is 12.6. The van der Waals surface area contributed by atoms with Crippen molar-refractivity contribution in [1.82, 2.24) is 10.2 Å². The highest BCUT2D eigenvalue weighted by atomic mass is 16.5. The van der Waals surface area contributed by atoms with Gasteiger partial charge in [0.2, 0.25) is 0 Å². The third-order valence-corrected chi connectivity index (χ3v) is 4.78. The van der Waals surface area contributed by atoms with E-state index in [1.54, 1.807) is 7.11 Å². The van der Waals surface area contributed by atoms with Crippen LogP contribution in [0.4, 0.5) is 10.5 Å². The van der Waals surface area contributed by atoms with Gasteiger partial charge in [-0.25, -0.2) is 4.79 Å². The fourth-order valence-electron chi connectivity index (χ4n) is 3.58. The van der Waals surface area contributed by atoms with Crippen molar-refractivity contribution < 1.29 is 9.53 Å². The van der Waals surface area contributed by atoms with Gasteiger partial charge < -0.3 is 15.0 Å². The van der Waals surface area contributed by atoms with E-state index in [-0.39, 0.29) is 12.1 Å². The average Bonchev–Trinajstić information content (AvgIpc) is 2.98. The number of piperidine rings is 1. The van der Waals surface area contributed by atoms with Crippen molar-refractivity contribution in [3.8, 4) is 5.75 Å². The van der Waals surface area contributed by atoms with Crippen LogP contribution in [0.5, 0.6) is 5.75 Å². The van der Waals surface area contributed by atoms with Crippen LogP contribution in [0.25, 0.3) is 0 Å². The van der Waals surface area contributed by atoms with Gasteiger partial charge in [-0.15, -0.1) is 0 Å². The molecule has 0 aromatic heterocycles. The predicted octanol–water partition coefficient (Wildman–Crippen LogP) is 2.64. The van der Waals surface area contributed by atoms with E-state index in [2.05, 4.69) is 17.1 Å². The topological polar surface area (TPSA) is 44.8 Å². The second-order valence-electron chi connectivity index (χ2n) is 6.61. The van der Waals surface area contributed by atoms with Gasteiger partial charge in [0.1, 0.15) is 5.75 Å². The van der Waals surface area contributed by atoms with Gasteiger partial charge in [0.25, 0.3) is 0 Å². The fourth-order valence-corrected chi connectivity index (χ4v) is 3.58. The standard InChI is InChI=1S/C18H27N3O2/c1-14(13-20-9-4-3-5-10-20)19-18(22)21-11-8-15-12-16(23-2)6-7-17(15)21/h6-7,12,14H,3-5,8-11,13H2,1-2H3,(H,19,22). The van der Waals surface area contributed by atoms with Crippen LogP contribution in [0.2, 0.25) is 0 Å². The Labute approximate surface area is 138 Å². The van der Waals surface area contributed by atoms with E-state index in [0.717, 1.165) is 44.0 Å². The van der Waals surface area contributed by atoms with Crippen molar-refractivity contribution in [2.45, 2.75) is 38.6 Å². The number of methoxy groups -OCH3 is 1. The van der Waals surface area contributed by atoms with E-state index in [0.29, 0.717) is 0 Å². The number of hydrogen-bond acceptors (Lipinski definition) is 3. The Morgan fingerprint density at radius 2 is 2.04 bits per heavy atom. The molecule has 0 saturated carbocycles. The zero-order valence-electron chi connectivity index (χ0n) is 14.2. The zero-order valence-corrected chi connectivity index (χ0v) is 14.2. The second-order valence-corrected chi connectivity index (χ2v) is 6.61. The maximum atomic E-state index is 12.6. The SMILES string of the molecule is COc1ccc2c(c1)CCN2C(=O)NC(C)CN1CCCCC1. The number of ether oxygens (including phenoxy) is 1. The number of urea groups is 1. The summed E-state index contributed by atoms with van der Waals surface area (Å²) in [5, 5.41) is 3.15. The Bertz CT molecular complexity index is 555. The number of benzene rings is 1. The molecule has 1 atom stereocenters. The molecule has 0 spiro atoms. The van der Waals surface area contributed by atoms with Crippen LogP contribution in [0, 0.1) is 0 Å². The van der Waals surface area contributed by atoms with Gasteiger partial charge in [-0.2, -0.15) is 0 Å². The molecule has 1 aromatic carbocycles. The molecule has 1 aromatic rings. The Morgan fingerprint density at radius 1 is 1.26 bits per heavy atom. The summed E-state index contributed by atoms with van der Waals surface area (Å²) >= 11 is 0. The van der Waals surface area contributed by atoms with Gasteiger partial charge in [-0.05, 0) is 63.0 Å². The predicted molar refractivity (Wildman–Crippen MR) is 92.3 cm³/mol. The lowest BCUT2D eigenvalue weighted by molar-refractivity contribution is 0.205. The van der Waals surface area contributed by atoms with Crippen molar-refractivity contribution in [3.05, 3.63) is 23.8 Å². The summed E-state index contributed by atoms with van der Waals surface area (Å²) in [6, 6.07) is 6.11. The summed E-state index contributed by atoms with van der Waals surface area (Å²) in [4.78, 5) is 16.9. The number of anilines is 1. The summed E-state index contributed by atoms with van der Waals surface area (Å²) in [7, 11) is 1.67. The van der Waals surface area contributed by atoms with Crippen molar-refractivity contribution in [3.63, 3.8) is 0 Å². The normalized spacial score (nSPS) is 19.3. The number of carbonyl (C=O) groups is 1. The Kier molecular flexibility index (Phi) is 5.06. The van der Waals surface area contributed by atoms with Crippen LogP contribution in [-0.4, -0.2) is 50.3 Å². The molecule has 126 valence electrons. The maximum Gasteiger partial charge on any atom is 0.322 e. The number of fused-ring (bicyclic) bond motifs is 1. The van der Waals surface area contributed by atoms with Gasteiger partial charge in [0.05, 0.1) is 7.11 Å². The molecule has 1 N–H and O–H groups in total. The first kappa shape index (κ1) is 16.1. The highest BCUT2D eigenvalue weighted by molar-refractivity contribution is 5.94. The molecule has 1 unspecified atom stereocenters. The highest BCUT2D eigenvalue weighted by Crippen LogP contribution is 2.31. The molecule has 5 nitrogen and oxygen atoms in total. The fraction of sp³-hybridized carbons (Fsp3) is 0.611. The van der Waals surface area contributed by atoms with Crippen LogP contribution in [0.1, 0.15) is 31.7 Å². The number of rotatable bonds is 4.